The third-order valence-corrected chi connectivity index (χ3v) is 3.42. The summed E-state index contributed by atoms with van der Waals surface area (Å²) in [6.45, 7) is 0. The molecule has 4 unspecified atom stereocenters. The zero-order chi connectivity index (χ0) is 9.26. The lowest BCUT2D eigenvalue weighted by Gasteiger charge is -2.38. The Morgan fingerprint density at radius 2 is 2.31 bits per heavy atom. The number of fused-ring (bicyclic) bond motifs is 2. The predicted molar refractivity (Wildman–Crippen MR) is 48.6 cm³/mol. The largest absolute Gasteiger partial charge is 0.303 e. The van der Waals surface area contributed by atoms with Crippen molar-refractivity contribution in [3.05, 3.63) is 12.2 Å². The number of nitrogens with zero attached hydrogens (tertiary/aromatic N) is 1. The summed E-state index contributed by atoms with van der Waals surface area (Å²) in [4.78, 5) is 10.9. The molecule has 2 aliphatic rings. The van der Waals surface area contributed by atoms with Crippen molar-refractivity contribution in [2.24, 2.45) is 23.7 Å². The first-order valence-electron chi connectivity index (χ1n) is 4.88. The molecule has 2 bridgehead atoms. The van der Waals surface area contributed by atoms with E-state index in [1.54, 1.807) is 0 Å². The maximum absolute atomic E-state index is 10.9. The first-order valence-corrected chi connectivity index (χ1v) is 4.88. The van der Waals surface area contributed by atoms with Crippen molar-refractivity contribution in [1.82, 2.24) is 0 Å². The second-order valence-corrected chi connectivity index (χ2v) is 4.03. The van der Waals surface area contributed by atoms with Crippen molar-refractivity contribution in [2.45, 2.75) is 19.3 Å². The molecule has 13 heavy (non-hydrogen) atoms. The molecule has 0 N–H and O–H groups in total. The minimum atomic E-state index is 0.0722. The minimum Gasteiger partial charge on any atom is -0.303 e. The molecule has 68 valence electrons. The Kier molecular flexibility index (Phi) is 2.18. The molecule has 0 amide bonds. The molecule has 4 atom stereocenters. The van der Waals surface area contributed by atoms with Gasteiger partial charge >= 0.3 is 0 Å². The molecule has 0 aromatic carbocycles. The molecule has 2 rings (SSSR count). The molecule has 0 radical (unpaired) electrons. The molecular weight excluding hydrogens is 162 g/mol. The molecule has 0 heterocycles. The lowest BCUT2D eigenvalue weighted by molar-refractivity contribution is -0.115. The van der Waals surface area contributed by atoms with E-state index in [0.29, 0.717) is 5.92 Å². The molecule has 0 aromatic rings. The highest BCUT2D eigenvalue weighted by molar-refractivity contribution is 5.56. The van der Waals surface area contributed by atoms with Crippen molar-refractivity contribution < 1.29 is 4.79 Å². The van der Waals surface area contributed by atoms with E-state index in [4.69, 9.17) is 5.26 Å². The highest BCUT2D eigenvalue weighted by atomic mass is 16.1. The van der Waals surface area contributed by atoms with Gasteiger partial charge in [-0.25, -0.2) is 0 Å². The van der Waals surface area contributed by atoms with Crippen LogP contribution in [0.4, 0.5) is 0 Å². The number of aldehydes is 1. The van der Waals surface area contributed by atoms with E-state index in [9.17, 15) is 4.79 Å². The number of rotatable bonds is 1. The Morgan fingerprint density at radius 1 is 1.46 bits per heavy atom. The number of hydrogen-bond donors (Lipinski definition) is 0. The van der Waals surface area contributed by atoms with Crippen LogP contribution < -0.4 is 0 Å². The fourth-order valence-corrected chi connectivity index (χ4v) is 2.66. The monoisotopic (exact) mass is 175 g/mol. The summed E-state index contributed by atoms with van der Waals surface area (Å²) < 4.78 is 0. The van der Waals surface area contributed by atoms with Gasteiger partial charge in [-0.05, 0) is 25.2 Å². The molecular formula is C11H13NO. The van der Waals surface area contributed by atoms with Gasteiger partial charge in [-0.2, -0.15) is 5.26 Å². The molecule has 2 heteroatoms. The minimum absolute atomic E-state index is 0.0722. The Morgan fingerprint density at radius 3 is 3.00 bits per heavy atom. The van der Waals surface area contributed by atoms with Crippen LogP contribution in [0.15, 0.2) is 12.2 Å². The van der Waals surface area contributed by atoms with Crippen molar-refractivity contribution in [1.29, 1.82) is 5.26 Å². The van der Waals surface area contributed by atoms with Crippen LogP contribution in [0.1, 0.15) is 19.3 Å². The molecule has 0 aliphatic heterocycles. The third kappa shape index (κ3) is 1.29. The quantitative estimate of drug-likeness (QED) is 0.451. The summed E-state index contributed by atoms with van der Waals surface area (Å²) in [5.74, 6) is 0.901. The van der Waals surface area contributed by atoms with Crippen molar-refractivity contribution >= 4 is 6.29 Å². The second-order valence-electron chi connectivity index (χ2n) is 4.03. The number of carbonyl (C=O) groups is 1. The summed E-state index contributed by atoms with van der Waals surface area (Å²) in [6, 6.07) is 2.31. The fraction of sp³-hybridized carbons (Fsp3) is 0.636. The standard InChI is InChI=1S/C11H13NO/c12-6-9-5-4-8-2-1-3-10(9)11(8)7-13/h1,3,7-11H,2,4-5H2. The van der Waals surface area contributed by atoms with E-state index < -0.39 is 0 Å². The maximum atomic E-state index is 10.9. The Hall–Kier alpha value is -1.10. The van der Waals surface area contributed by atoms with Crippen LogP contribution in [0.3, 0.4) is 0 Å². The normalized spacial score (nSPS) is 42.4. The fourth-order valence-electron chi connectivity index (χ4n) is 2.66. The average molecular weight is 175 g/mol. The van der Waals surface area contributed by atoms with Crippen LogP contribution in [-0.2, 0) is 4.79 Å². The molecule has 2 aliphatic carbocycles. The van der Waals surface area contributed by atoms with E-state index in [1.165, 1.54) is 0 Å². The third-order valence-electron chi connectivity index (χ3n) is 3.42. The van der Waals surface area contributed by atoms with Crippen LogP contribution in [0.25, 0.3) is 0 Å². The van der Waals surface area contributed by atoms with Crippen molar-refractivity contribution in [3.63, 3.8) is 0 Å². The summed E-state index contributed by atoms with van der Waals surface area (Å²) in [5.41, 5.74) is 0. The number of nitriles is 1. The number of allylic oxidation sites excluding steroid dienone is 2. The molecule has 0 saturated heterocycles. The van der Waals surface area contributed by atoms with Gasteiger partial charge in [0.05, 0.1) is 12.0 Å². The van der Waals surface area contributed by atoms with Crippen LogP contribution >= 0.6 is 0 Å². The Balaban J connectivity index is 2.27. The molecule has 1 saturated carbocycles. The predicted octanol–water partition coefficient (Wildman–Crippen LogP) is 1.93. The van der Waals surface area contributed by atoms with Crippen LogP contribution in [0.2, 0.25) is 0 Å². The van der Waals surface area contributed by atoms with Gasteiger partial charge in [0.1, 0.15) is 6.29 Å². The summed E-state index contributed by atoms with van der Waals surface area (Å²) in [7, 11) is 0. The van der Waals surface area contributed by atoms with E-state index >= 15 is 0 Å². The Labute approximate surface area is 78.2 Å². The Bertz CT molecular complexity index is 276. The van der Waals surface area contributed by atoms with Crippen molar-refractivity contribution in [2.75, 3.05) is 0 Å². The average Bonchev–Trinajstić information content (AvgIpc) is 2.17. The SMILES string of the molecule is N#CC1CCC2CC=CC1C2C=O. The van der Waals surface area contributed by atoms with Crippen LogP contribution in [-0.4, -0.2) is 6.29 Å². The molecule has 2 nitrogen and oxygen atoms in total. The highest BCUT2D eigenvalue weighted by Crippen LogP contribution is 2.42. The maximum Gasteiger partial charge on any atom is 0.123 e. The van der Waals surface area contributed by atoms with E-state index in [0.717, 1.165) is 25.5 Å². The van der Waals surface area contributed by atoms with Gasteiger partial charge in [0.25, 0.3) is 0 Å². The van der Waals surface area contributed by atoms with E-state index in [2.05, 4.69) is 18.2 Å². The zero-order valence-corrected chi connectivity index (χ0v) is 7.52. The van der Waals surface area contributed by atoms with Crippen LogP contribution in [0, 0.1) is 35.0 Å². The second kappa shape index (κ2) is 3.33. The zero-order valence-electron chi connectivity index (χ0n) is 7.52. The van der Waals surface area contributed by atoms with Gasteiger partial charge in [0.15, 0.2) is 0 Å². The number of hydrogen-bond acceptors (Lipinski definition) is 2. The van der Waals surface area contributed by atoms with Crippen molar-refractivity contribution in [3.8, 4) is 6.07 Å². The summed E-state index contributed by atoms with van der Waals surface area (Å²) >= 11 is 0. The molecule has 0 aromatic heterocycles. The van der Waals surface area contributed by atoms with Gasteiger partial charge in [0, 0.05) is 11.8 Å². The smallest absolute Gasteiger partial charge is 0.123 e. The van der Waals surface area contributed by atoms with Gasteiger partial charge in [-0.3, -0.25) is 0 Å². The van der Waals surface area contributed by atoms with E-state index in [-0.39, 0.29) is 17.8 Å². The summed E-state index contributed by atoms with van der Waals surface area (Å²) in [6.07, 6.45) is 8.31. The molecule has 0 spiro atoms. The highest BCUT2D eigenvalue weighted by Gasteiger charge is 2.39. The van der Waals surface area contributed by atoms with Gasteiger partial charge in [-0.1, -0.05) is 12.2 Å². The summed E-state index contributed by atoms with van der Waals surface area (Å²) in [5, 5.41) is 8.92. The lowest BCUT2D eigenvalue weighted by Crippen LogP contribution is -2.36. The first-order chi connectivity index (χ1) is 6.36. The first kappa shape index (κ1) is 8.50. The van der Waals surface area contributed by atoms with Gasteiger partial charge in [0.2, 0.25) is 0 Å². The molecule has 1 fully saturated rings. The number of carbonyl (C=O) groups excluding carboxylic acids is 1. The lowest BCUT2D eigenvalue weighted by atomic mass is 9.64. The van der Waals surface area contributed by atoms with Gasteiger partial charge < -0.3 is 4.79 Å². The van der Waals surface area contributed by atoms with E-state index in [1.807, 2.05) is 0 Å². The topological polar surface area (TPSA) is 40.9 Å². The van der Waals surface area contributed by atoms with Gasteiger partial charge in [-0.15, -0.1) is 0 Å². The van der Waals surface area contributed by atoms with Crippen LogP contribution in [0.5, 0.6) is 0 Å².